The van der Waals surface area contributed by atoms with E-state index in [-0.39, 0.29) is 12.3 Å². The summed E-state index contributed by atoms with van der Waals surface area (Å²) in [5.74, 6) is -0.806. The summed E-state index contributed by atoms with van der Waals surface area (Å²) in [4.78, 5) is 15.3. The molecule has 0 radical (unpaired) electrons. The molecule has 2 N–H and O–H groups in total. The van der Waals surface area contributed by atoms with Crippen LogP contribution in [-0.2, 0) is 11.8 Å². The van der Waals surface area contributed by atoms with Crippen LogP contribution < -0.4 is 5.32 Å². The maximum Gasteiger partial charge on any atom is 0.303 e. The molecule has 0 spiro atoms. The number of hydrogen-bond acceptors (Lipinski definition) is 4. The zero-order valence-corrected chi connectivity index (χ0v) is 14.9. The average Bonchev–Trinajstić information content (AvgIpc) is 3.06. The van der Waals surface area contributed by atoms with Crippen LogP contribution in [0.4, 0.5) is 11.4 Å². The molecular formula is C20H22N4O2. The second-order valence-corrected chi connectivity index (χ2v) is 6.28. The molecule has 0 aliphatic rings. The first-order valence-corrected chi connectivity index (χ1v) is 8.58. The van der Waals surface area contributed by atoms with Crippen LogP contribution in [-0.4, -0.2) is 25.8 Å². The van der Waals surface area contributed by atoms with Gasteiger partial charge in [-0.2, -0.15) is 5.10 Å². The Labute approximate surface area is 152 Å². The Morgan fingerprint density at radius 1 is 1.31 bits per heavy atom. The lowest BCUT2D eigenvalue weighted by atomic mass is 9.91. The third-order valence-corrected chi connectivity index (χ3v) is 4.39. The first kappa shape index (κ1) is 17.7. The van der Waals surface area contributed by atoms with Crippen molar-refractivity contribution in [2.45, 2.75) is 25.7 Å². The van der Waals surface area contributed by atoms with Crippen molar-refractivity contribution in [3.05, 3.63) is 60.7 Å². The molecule has 134 valence electrons. The molecule has 0 bridgehead atoms. The Morgan fingerprint density at radius 3 is 2.77 bits per heavy atom. The molecule has 0 saturated heterocycles. The summed E-state index contributed by atoms with van der Waals surface area (Å²) in [7, 11) is 1.88. The normalized spacial score (nSPS) is 11.9. The number of benzene rings is 1. The van der Waals surface area contributed by atoms with Gasteiger partial charge in [0.05, 0.1) is 24.5 Å². The number of anilines is 2. The molecule has 0 aliphatic carbocycles. The van der Waals surface area contributed by atoms with Gasteiger partial charge in [-0.05, 0) is 36.1 Å². The van der Waals surface area contributed by atoms with Crippen LogP contribution in [0.15, 0.2) is 55.1 Å². The summed E-state index contributed by atoms with van der Waals surface area (Å²) in [6.07, 6.45) is 8.15. The van der Waals surface area contributed by atoms with Crippen molar-refractivity contribution in [2.75, 3.05) is 5.32 Å². The maximum absolute atomic E-state index is 11.2. The Kier molecular flexibility index (Phi) is 5.31. The van der Waals surface area contributed by atoms with Crippen molar-refractivity contribution in [1.82, 2.24) is 14.8 Å². The van der Waals surface area contributed by atoms with Gasteiger partial charge in [0.2, 0.25) is 0 Å². The van der Waals surface area contributed by atoms with E-state index in [0.717, 1.165) is 34.5 Å². The number of hydrogen-bond donors (Lipinski definition) is 2. The Hall–Kier alpha value is -3.15. The fourth-order valence-corrected chi connectivity index (χ4v) is 3.03. The van der Waals surface area contributed by atoms with Gasteiger partial charge in [-0.1, -0.05) is 19.1 Å². The molecule has 3 aromatic rings. The highest BCUT2D eigenvalue weighted by atomic mass is 16.4. The summed E-state index contributed by atoms with van der Waals surface area (Å²) in [5.41, 5.74) is 4.80. The zero-order chi connectivity index (χ0) is 18.5. The van der Waals surface area contributed by atoms with Crippen LogP contribution in [0.25, 0.3) is 11.1 Å². The lowest BCUT2D eigenvalue weighted by Gasteiger charge is -2.17. The van der Waals surface area contributed by atoms with Gasteiger partial charge >= 0.3 is 5.97 Å². The third kappa shape index (κ3) is 4.08. The standard InChI is InChI=1S/C20H22N4O2/c1-3-14(10-20(25)26)15-6-7-18(16-11-22-24(2)13-16)19(9-15)23-17-5-4-8-21-12-17/h4-9,11-14,23H,3,10H2,1-2H3,(H,25,26). The molecule has 1 atom stereocenters. The molecule has 2 aromatic heterocycles. The minimum absolute atomic E-state index is 0.0232. The monoisotopic (exact) mass is 350 g/mol. The Balaban J connectivity index is 2.02. The highest BCUT2D eigenvalue weighted by Crippen LogP contribution is 2.34. The van der Waals surface area contributed by atoms with Gasteiger partial charge in [-0.3, -0.25) is 14.5 Å². The number of pyridine rings is 1. The van der Waals surface area contributed by atoms with Crippen molar-refractivity contribution >= 4 is 17.3 Å². The van der Waals surface area contributed by atoms with Crippen molar-refractivity contribution in [3.8, 4) is 11.1 Å². The summed E-state index contributed by atoms with van der Waals surface area (Å²) >= 11 is 0. The number of aromatic nitrogens is 3. The Bertz CT molecular complexity index is 890. The molecule has 0 saturated carbocycles. The number of aliphatic carboxylic acids is 1. The third-order valence-electron chi connectivity index (χ3n) is 4.39. The lowest BCUT2D eigenvalue weighted by Crippen LogP contribution is -2.06. The van der Waals surface area contributed by atoms with E-state index in [1.165, 1.54) is 0 Å². The lowest BCUT2D eigenvalue weighted by molar-refractivity contribution is -0.137. The van der Waals surface area contributed by atoms with E-state index in [0.29, 0.717) is 0 Å². The molecule has 2 heterocycles. The summed E-state index contributed by atoms with van der Waals surface area (Å²) < 4.78 is 1.76. The SMILES string of the molecule is CCC(CC(=O)O)c1ccc(-c2cnn(C)c2)c(Nc2cccnc2)c1. The molecule has 3 rings (SSSR count). The van der Waals surface area contributed by atoms with Crippen LogP contribution in [0.3, 0.4) is 0 Å². The van der Waals surface area contributed by atoms with Crippen molar-refractivity contribution < 1.29 is 9.90 Å². The minimum Gasteiger partial charge on any atom is -0.481 e. The molecule has 1 unspecified atom stereocenters. The Morgan fingerprint density at radius 2 is 2.15 bits per heavy atom. The fourth-order valence-electron chi connectivity index (χ4n) is 3.03. The predicted octanol–water partition coefficient (Wildman–Crippen LogP) is 4.19. The fraction of sp³-hybridized carbons (Fsp3) is 0.250. The van der Waals surface area contributed by atoms with Gasteiger partial charge in [0.1, 0.15) is 0 Å². The van der Waals surface area contributed by atoms with Gasteiger partial charge in [-0.25, -0.2) is 0 Å². The number of nitrogens with one attached hydrogen (secondary N) is 1. The molecular weight excluding hydrogens is 328 g/mol. The largest absolute Gasteiger partial charge is 0.481 e. The number of carbonyl (C=O) groups is 1. The van der Waals surface area contributed by atoms with Crippen molar-refractivity contribution in [2.24, 2.45) is 7.05 Å². The van der Waals surface area contributed by atoms with Crippen LogP contribution in [0, 0.1) is 0 Å². The quantitative estimate of drug-likeness (QED) is 0.668. The van der Waals surface area contributed by atoms with Gasteiger partial charge in [0.15, 0.2) is 0 Å². The van der Waals surface area contributed by atoms with Crippen LogP contribution in [0.1, 0.15) is 31.2 Å². The van der Waals surface area contributed by atoms with Crippen LogP contribution in [0.5, 0.6) is 0 Å². The number of carboxylic acid groups (broad SMARTS) is 1. The van der Waals surface area contributed by atoms with E-state index in [4.69, 9.17) is 0 Å². The van der Waals surface area contributed by atoms with E-state index in [9.17, 15) is 9.90 Å². The van der Waals surface area contributed by atoms with Crippen LogP contribution in [0.2, 0.25) is 0 Å². The van der Waals surface area contributed by atoms with E-state index in [2.05, 4.69) is 15.4 Å². The van der Waals surface area contributed by atoms with Gasteiger partial charge in [-0.15, -0.1) is 0 Å². The van der Waals surface area contributed by atoms with Gasteiger partial charge in [0, 0.05) is 36.3 Å². The second kappa shape index (κ2) is 7.82. The highest BCUT2D eigenvalue weighted by molar-refractivity contribution is 5.81. The number of nitrogens with zero attached hydrogens (tertiary/aromatic N) is 3. The van der Waals surface area contributed by atoms with E-state index in [1.807, 2.05) is 56.7 Å². The molecule has 1 aromatic carbocycles. The molecule has 6 nitrogen and oxygen atoms in total. The number of carboxylic acids is 1. The minimum atomic E-state index is -0.782. The van der Waals surface area contributed by atoms with E-state index in [1.54, 1.807) is 17.1 Å². The average molecular weight is 350 g/mol. The molecule has 0 aliphatic heterocycles. The number of rotatable bonds is 7. The molecule has 0 amide bonds. The van der Waals surface area contributed by atoms with E-state index >= 15 is 0 Å². The summed E-state index contributed by atoms with van der Waals surface area (Å²) in [5, 5.41) is 16.8. The van der Waals surface area contributed by atoms with Crippen LogP contribution >= 0.6 is 0 Å². The topological polar surface area (TPSA) is 80.0 Å². The summed E-state index contributed by atoms with van der Waals surface area (Å²) in [6.45, 7) is 2.01. The second-order valence-electron chi connectivity index (χ2n) is 6.28. The highest BCUT2D eigenvalue weighted by Gasteiger charge is 2.16. The first-order valence-electron chi connectivity index (χ1n) is 8.58. The zero-order valence-electron chi connectivity index (χ0n) is 14.9. The smallest absolute Gasteiger partial charge is 0.303 e. The molecule has 6 heteroatoms. The predicted molar refractivity (Wildman–Crippen MR) is 101 cm³/mol. The molecule has 0 fully saturated rings. The number of aryl methyl sites for hydroxylation is 1. The maximum atomic E-state index is 11.2. The van der Waals surface area contributed by atoms with Gasteiger partial charge in [0.25, 0.3) is 0 Å². The van der Waals surface area contributed by atoms with Gasteiger partial charge < -0.3 is 10.4 Å². The van der Waals surface area contributed by atoms with Crippen molar-refractivity contribution in [3.63, 3.8) is 0 Å². The first-order chi connectivity index (χ1) is 12.6. The summed E-state index contributed by atoms with van der Waals surface area (Å²) in [6, 6.07) is 9.88. The van der Waals surface area contributed by atoms with E-state index < -0.39 is 5.97 Å². The van der Waals surface area contributed by atoms with Crippen molar-refractivity contribution in [1.29, 1.82) is 0 Å². The molecule has 26 heavy (non-hydrogen) atoms.